The number of amides is 2. The van der Waals surface area contributed by atoms with E-state index in [9.17, 15) is 4.79 Å². The molecular formula is C8H9ClN4O. The molecule has 0 radical (unpaired) electrons. The molecule has 0 aliphatic heterocycles. The summed E-state index contributed by atoms with van der Waals surface area (Å²) in [5, 5.41) is 4.28. The number of hydrogen-bond acceptors (Lipinski definition) is 3. The predicted octanol–water partition coefficient (Wildman–Crippen LogP) is 0.847. The highest BCUT2D eigenvalue weighted by molar-refractivity contribution is 6.30. The summed E-state index contributed by atoms with van der Waals surface area (Å²) in [6.45, 7) is 0. The molecule has 0 spiro atoms. The van der Waals surface area contributed by atoms with Gasteiger partial charge < -0.3 is 0 Å². The van der Waals surface area contributed by atoms with Crippen LogP contribution in [0.15, 0.2) is 29.4 Å². The van der Waals surface area contributed by atoms with Crippen LogP contribution in [0.5, 0.6) is 0 Å². The molecule has 4 N–H and O–H groups in total. The standard InChI is InChI=1S/C8H9ClN4O/c9-7-3-1-6(2-4-7)5-11-13-8(14)12-10/h1-5H,10H2,(H2,12,13,14). The fraction of sp³-hybridized carbons (Fsp3) is 0. The molecule has 2 amide bonds. The number of rotatable bonds is 2. The van der Waals surface area contributed by atoms with Crippen molar-refractivity contribution < 1.29 is 4.79 Å². The van der Waals surface area contributed by atoms with E-state index in [1.165, 1.54) is 6.21 Å². The first kappa shape index (κ1) is 10.5. The van der Waals surface area contributed by atoms with E-state index in [1.54, 1.807) is 24.3 Å². The van der Waals surface area contributed by atoms with Crippen molar-refractivity contribution in [1.82, 2.24) is 10.9 Å². The molecule has 0 aliphatic rings. The maximum atomic E-state index is 10.6. The van der Waals surface area contributed by atoms with E-state index >= 15 is 0 Å². The molecule has 5 nitrogen and oxygen atoms in total. The molecule has 14 heavy (non-hydrogen) atoms. The molecule has 0 heterocycles. The third-order valence-corrected chi connectivity index (χ3v) is 1.63. The molecule has 1 aromatic rings. The number of nitrogens with two attached hydrogens (primary N) is 1. The maximum absolute atomic E-state index is 10.6. The average molecular weight is 213 g/mol. The van der Waals surface area contributed by atoms with Gasteiger partial charge in [0.1, 0.15) is 0 Å². The van der Waals surface area contributed by atoms with Gasteiger partial charge in [0, 0.05) is 5.02 Å². The Morgan fingerprint density at radius 1 is 1.43 bits per heavy atom. The minimum atomic E-state index is -0.574. The molecule has 0 fully saturated rings. The van der Waals surface area contributed by atoms with Gasteiger partial charge in [-0.3, -0.25) is 5.43 Å². The van der Waals surface area contributed by atoms with Gasteiger partial charge >= 0.3 is 6.03 Å². The van der Waals surface area contributed by atoms with Gasteiger partial charge in [-0.2, -0.15) is 5.10 Å². The normalized spacial score (nSPS) is 10.1. The zero-order valence-corrected chi connectivity index (χ0v) is 7.95. The zero-order valence-electron chi connectivity index (χ0n) is 7.20. The number of hydrogen-bond donors (Lipinski definition) is 3. The average Bonchev–Trinajstić information content (AvgIpc) is 2.21. The van der Waals surface area contributed by atoms with Crippen LogP contribution in [0.3, 0.4) is 0 Å². The van der Waals surface area contributed by atoms with E-state index in [-0.39, 0.29) is 0 Å². The molecule has 1 rings (SSSR count). The molecule has 0 saturated carbocycles. The molecule has 74 valence electrons. The third-order valence-electron chi connectivity index (χ3n) is 1.38. The van der Waals surface area contributed by atoms with Crippen molar-refractivity contribution in [3.8, 4) is 0 Å². The van der Waals surface area contributed by atoms with Gasteiger partial charge in [0.15, 0.2) is 0 Å². The Morgan fingerprint density at radius 3 is 2.64 bits per heavy atom. The number of carbonyl (C=O) groups is 1. The van der Waals surface area contributed by atoms with Crippen molar-refractivity contribution in [2.24, 2.45) is 10.9 Å². The Hall–Kier alpha value is -1.59. The molecule has 6 heteroatoms. The lowest BCUT2D eigenvalue weighted by Gasteiger charge is -1.96. The van der Waals surface area contributed by atoms with Gasteiger partial charge in [0.2, 0.25) is 0 Å². The molecule has 0 saturated heterocycles. The van der Waals surface area contributed by atoms with Gasteiger partial charge in [-0.05, 0) is 17.7 Å². The first-order chi connectivity index (χ1) is 6.72. The summed E-state index contributed by atoms with van der Waals surface area (Å²) in [5.74, 6) is 4.82. The highest BCUT2D eigenvalue weighted by Gasteiger charge is 1.91. The van der Waals surface area contributed by atoms with Crippen LogP contribution in [-0.4, -0.2) is 12.2 Å². The topological polar surface area (TPSA) is 79.5 Å². The minimum absolute atomic E-state index is 0.574. The summed E-state index contributed by atoms with van der Waals surface area (Å²) >= 11 is 5.68. The molecule has 0 aromatic heterocycles. The Bertz CT molecular complexity index is 336. The number of nitrogens with one attached hydrogen (secondary N) is 2. The van der Waals surface area contributed by atoms with Crippen molar-refractivity contribution >= 4 is 23.8 Å². The van der Waals surface area contributed by atoms with E-state index in [0.717, 1.165) is 5.56 Å². The Balaban J connectivity index is 2.52. The van der Waals surface area contributed by atoms with E-state index in [2.05, 4.69) is 10.5 Å². The van der Waals surface area contributed by atoms with Gasteiger partial charge in [-0.1, -0.05) is 23.7 Å². The second-order valence-corrected chi connectivity index (χ2v) is 2.83. The predicted molar refractivity (Wildman–Crippen MR) is 54.9 cm³/mol. The second kappa shape index (κ2) is 5.21. The van der Waals surface area contributed by atoms with Crippen LogP contribution in [0.1, 0.15) is 5.56 Å². The lowest BCUT2D eigenvalue weighted by molar-refractivity contribution is 0.241. The Labute approximate surface area is 85.9 Å². The van der Waals surface area contributed by atoms with Crippen molar-refractivity contribution in [3.05, 3.63) is 34.9 Å². The summed E-state index contributed by atoms with van der Waals surface area (Å²) in [6.07, 6.45) is 1.48. The SMILES string of the molecule is NNC(=O)NN=Cc1ccc(Cl)cc1. The quantitative estimate of drug-likeness (QED) is 0.294. The number of nitrogens with zero attached hydrogens (tertiary/aromatic N) is 1. The smallest absolute Gasteiger partial charge is 0.274 e. The van der Waals surface area contributed by atoms with Crippen molar-refractivity contribution in [3.63, 3.8) is 0 Å². The Kier molecular flexibility index (Phi) is 3.90. The molecule has 0 aliphatic carbocycles. The summed E-state index contributed by atoms with van der Waals surface area (Å²) in [7, 11) is 0. The van der Waals surface area contributed by atoms with Gasteiger partial charge in [-0.25, -0.2) is 16.1 Å². The lowest BCUT2D eigenvalue weighted by atomic mass is 10.2. The molecule has 0 unspecified atom stereocenters. The molecular weight excluding hydrogens is 204 g/mol. The minimum Gasteiger partial charge on any atom is -0.274 e. The van der Waals surface area contributed by atoms with Crippen molar-refractivity contribution in [2.75, 3.05) is 0 Å². The monoisotopic (exact) mass is 212 g/mol. The molecule has 1 aromatic carbocycles. The number of urea groups is 1. The van der Waals surface area contributed by atoms with E-state index in [1.807, 2.05) is 5.43 Å². The fourth-order valence-corrected chi connectivity index (χ4v) is 0.873. The Morgan fingerprint density at radius 2 is 2.07 bits per heavy atom. The first-order valence-electron chi connectivity index (χ1n) is 3.77. The lowest BCUT2D eigenvalue weighted by Crippen LogP contribution is -2.37. The van der Waals surface area contributed by atoms with E-state index in [0.29, 0.717) is 5.02 Å². The molecule has 0 bridgehead atoms. The number of hydrazine groups is 1. The first-order valence-corrected chi connectivity index (χ1v) is 4.15. The summed E-state index contributed by atoms with van der Waals surface area (Å²) < 4.78 is 0. The van der Waals surface area contributed by atoms with Crippen LogP contribution in [0.25, 0.3) is 0 Å². The van der Waals surface area contributed by atoms with Crippen LogP contribution >= 0.6 is 11.6 Å². The van der Waals surface area contributed by atoms with E-state index in [4.69, 9.17) is 17.4 Å². The maximum Gasteiger partial charge on any atom is 0.349 e. The second-order valence-electron chi connectivity index (χ2n) is 2.40. The number of hydrazone groups is 1. The van der Waals surface area contributed by atoms with Gasteiger partial charge in [0.05, 0.1) is 6.21 Å². The van der Waals surface area contributed by atoms with Crippen LogP contribution < -0.4 is 16.7 Å². The number of carbonyl (C=O) groups excluding carboxylic acids is 1. The van der Waals surface area contributed by atoms with Crippen LogP contribution in [0.4, 0.5) is 4.79 Å². The summed E-state index contributed by atoms with van der Waals surface area (Å²) in [6, 6.07) is 6.43. The number of benzene rings is 1. The van der Waals surface area contributed by atoms with E-state index < -0.39 is 6.03 Å². The number of halogens is 1. The highest BCUT2D eigenvalue weighted by atomic mass is 35.5. The third kappa shape index (κ3) is 3.42. The molecule has 0 atom stereocenters. The van der Waals surface area contributed by atoms with Crippen molar-refractivity contribution in [2.45, 2.75) is 0 Å². The summed E-state index contributed by atoms with van der Waals surface area (Å²) in [5.41, 5.74) is 4.86. The van der Waals surface area contributed by atoms with Crippen LogP contribution in [0.2, 0.25) is 5.02 Å². The van der Waals surface area contributed by atoms with Gasteiger partial charge in [-0.15, -0.1) is 0 Å². The summed E-state index contributed by atoms with van der Waals surface area (Å²) in [4.78, 5) is 10.6. The van der Waals surface area contributed by atoms with Gasteiger partial charge in [0.25, 0.3) is 0 Å². The largest absolute Gasteiger partial charge is 0.349 e. The van der Waals surface area contributed by atoms with Crippen LogP contribution in [-0.2, 0) is 0 Å². The zero-order chi connectivity index (χ0) is 10.4. The highest BCUT2D eigenvalue weighted by Crippen LogP contribution is 2.07. The van der Waals surface area contributed by atoms with Crippen LogP contribution in [0, 0.1) is 0 Å². The fourth-order valence-electron chi connectivity index (χ4n) is 0.747. The van der Waals surface area contributed by atoms with Crippen molar-refractivity contribution in [1.29, 1.82) is 0 Å².